The standard InChI is InChI=1S/C13H23N3O/c1-3-16-8-4-5-11(10-16)13-15-9-12(17-13)6-7-14-2/h9,11,14H,3-8,10H2,1-2H3. The third kappa shape index (κ3) is 3.30. The first-order valence-electron chi connectivity index (χ1n) is 6.65. The summed E-state index contributed by atoms with van der Waals surface area (Å²) in [6, 6.07) is 0. The Bertz CT molecular complexity index is 337. The molecular weight excluding hydrogens is 214 g/mol. The molecule has 4 nitrogen and oxygen atoms in total. The fraction of sp³-hybridized carbons (Fsp3) is 0.769. The van der Waals surface area contributed by atoms with Crippen molar-refractivity contribution in [3.8, 4) is 0 Å². The minimum atomic E-state index is 0.493. The van der Waals surface area contributed by atoms with Gasteiger partial charge < -0.3 is 14.6 Å². The summed E-state index contributed by atoms with van der Waals surface area (Å²) in [5, 5.41) is 3.13. The van der Waals surface area contributed by atoms with Crippen molar-refractivity contribution in [3.05, 3.63) is 17.8 Å². The lowest BCUT2D eigenvalue weighted by molar-refractivity contribution is 0.200. The molecule has 1 aliphatic heterocycles. The number of nitrogens with zero attached hydrogens (tertiary/aromatic N) is 2. The van der Waals surface area contributed by atoms with Gasteiger partial charge in [-0.2, -0.15) is 0 Å². The molecule has 96 valence electrons. The lowest BCUT2D eigenvalue weighted by Gasteiger charge is -2.29. The molecule has 0 aliphatic carbocycles. The van der Waals surface area contributed by atoms with E-state index in [1.165, 1.54) is 19.4 Å². The Balaban J connectivity index is 1.94. The van der Waals surface area contributed by atoms with E-state index in [-0.39, 0.29) is 0 Å². The largest absolute Gasteiger partial charge is 0.445 e. The maximum absolute atomic E-state index is 5.84. The molecule has 0 bridgehead atoms. The van der Waals surface area contributed by atoms with Crippen LogP contribution >= 0.6 is 0 Å². The molecule has 1 aromatic heterocycles. The van der Waals surface area contributed by atoms with E-state index >= 15 is 0 Å². The third-order valence-electron chi connectivity index (χ3n) is 3.49. The number of likely N-dealkylation sites (N-methyl/N-ethyl adjacent to an activating group) is 2. The predicted octanol–water partition coefficient (Wildman–Crippen LogP) is 1.64. The van der Waals surface area contributed by atoms with Crippen LogP contribution in [0.15, 0.2) is 10.6 Å². The van der Waals surface area contributed by atoms with E-state index in [1.54, 1.807) is 0 Å². The van der Waals surface area contributed by atoms with E-state index in [9.17, 15) is 0 Å². The molecule has 17 heavy (non-hydrogen) atoms. The summed E-state index contributed by atoms with van der Waals surface area (Å²) in [5.41, 5.74) is 0. The van der Waals surface area contributed by atoms with Crippen LogP contribution in [0.4, 0.5) is 0 Å². The van der Waals surface area contributed by atoms with Gasteiger partial charge in [-0.3, -0.25) is 0 Å². The average Bonchev–Trinajstić information content (AvgIpc) is 2.85. The summed E-state index contributed by atoms with van der Waals surface area (Å²) >= 11 is 0. The van der Waals surface area contributed by atoms with Gasteiger partial charge in [-0.05, 0) is 33.0 Å². The van der Waals surface area contributed by atoms with Crippen LogP contribution in [0.1, 0.15) is 37.3 Å². The number of hydrogen-bond acceptors (Lipinski definition) is 4. The number of likely N-dealkylation sites (tertiary alicyclic amines) is 1. The van der Waals surface area contributed by atoms with Gasteiger partial charge in [0.05, 0.1) is 6.20 Å². The van der Waals surface area contributed by atoms with Crippen LogP contribution in [0, 0.1) is 0 Å². The number of rotatable bonds is 5. The number of aromatic nitrogens is 1. The Kier molecular flexibility index (Phi) is 4.57. The average molecular weight is 237 g/mol. The highest BCUT2D eigenvalue weighted by Crippen LogP contribution is 2.26. The quantitative estimate of drug-likeness (QED) is 0.845. The van der Waals surface area contributed by atoms with Crippen LogP contribution in [-0.2, 0) is 6.42 Å². The Morgan fingerprint density at radius 1 is 1.59 bits per heavy atom. The van der Waals surface area contributed by atoms with Gasteiger partial charge in [0.2, 0.25) is 0 Å². The topological polar surface area (TPSA) is 41.3 Å². The zero-order valence-corrected chi connectivity index (χ0v) is 10.9. The second kappa shape index (κ2) is 6.17. The van der Waals surface area contributed by atoms with Crippen LogP contribution in [0.25, 0.3) is 0 Å². The van der Waals surface area contributed by atoms with Gasteiger partial charge in [-0.15, -0.1) is 0 Å². The molecule has 1 aromatic rings. The lowest BCUT2D eigenvalue weighted by Crippen LogP contribution is -2.34. The monoisotopic (exact) mass is 237 g/mol. The molecular formula is C13H23N3O. The summed E-state index contributed by atoms with van der Waals surface area (Å²) in [4.78, 5) is 6.92. The van der Waals surface area contributed by atoms with Crippen LogP contribution in [-0.4, -0.2) is 43.1 Å². The van der Waals surface area contributed by atoms with Gasteiger partial charge in [-0.25, -0.2) is 4.98 Å². The van der Waals surface area contributed by atoms with Crippen LogP contribution < -0.4 is 5.32 Å². The highest BCUT2D eigenvalue weighted by atomic mass is 16.4. The molecule has 2 rings (SSSR count). The molecule has 0 spiro atoms. The van der Waals surface area contributed by atoms with Crippen molar-refractivity contribution < 1.29 is 4.42 Å². The smallest absolute Gasteiger partial charge is 0.198 e. The number of piperidine rings is 1. The van der Waals surface area contributed by atoms with E-state index in [0.29, 0.717) is 5.92 Å². The number of nitrogens with one attached hydrogen (secondary N) is 1. The van der Waals surface area contributed by atoms with Crippen LogP contribution in [0.2, 0.25) is 0 Å². The van der Waals surface area contributed by atoms with E-state index in [1.807, 2.05) is 13.2 Å². The SMILES string of the molecule is CCN1CCCC(c2ncc(CCNC)o2)C1. The van der Waals surface area contributed by atoms with E-state index in [2.05, 4.69) is 22.1 Å². The fourth-order valence-corrected chi connectivity index (χ4v) is 2.42. The first kappa shape index (κ1) is 12.6. The van der Waals surface area contributed by atoms with Crippen molar-refractivity contribution in [1.82, 2.24) is 15.2 Å². The van der Waals surface area contributed by atoms with Gasteiger partial charge in [0, 0.05) is 25.4 Å². The zero-order chi connectivity index (χ0) is 12.1. The molecule has 4 heteroatoms. The second-order valence-electron chi connectivity index (χ2n) is 4.75. The summed E-state index contributed by atoms with van der Waals surface area (Å²) in [6.45, 7) is 6.61. The van der Waals surface area contributed by atoms with Gasteiger partial charge in [0.1, 0.15) is 5.76 Å². The molecule has 2 heterocycles. The van der Waals surface area contributed by atoms with Gasteiger partial charge in [0.15, 0.2) is 5.89 Å². The van der Waals surface area contributed by atoms with Crippen LogP contribution in [0.3, 0.4) is 0 Å². The van der Waals surface area contributed by atoms with E-state index < -0.39 is 0 Å². The predicted molar refractivity (Wildman–Crippen MR) is 68.2 cm³/mol. The summed E-state index contributed by atoms with van der Waals surface area (Å²) in [6.07, 6.45) is 5.28. The molecule has 1 saturated heterocycles. The molecule has 0 radical (unpaired) electrons. The van der Waals surface area contributed by atoms with Crippen LogP contribution in [0.5, 0.6) is 0 Å². The van der Waals surface area contributed by atoms with Crippen molar-refractivity contribution in [2.75, 3.05) is 33.2 Å². The molecule has 1 N–H and O–H groups in total. The summed E-state index contributed by atoms with van der Waals surface area (Å²) < 4.78 is 5.84. The third-order valence-corrected chi connectivity index (χ3v) is 3.49. The maximum atomic E-state index is 5.84. The highest BCUT2D eigenvalue weighted by molar-refractivity contribution is 5.01. The van der Waals surface area contributed by atoms with Crippen molar-refractivity contribution >= 4 is 0 Å². The number of hydrogen-bond donors (Lipinski definition) is 1. The molecule has 1 atom stereocenters. The van der Waals surface area contributed by atoms with Crippen molar-refractivity contribution in [3.63, 3.8) is 0 Å². The molecule has 1 unspecified atom stereocenters. The molecule has 0 saturated carbocycles. The van der Waals surface area contributed by atoms with Crippen molar-refractivity contribution in [1.29, 1.82) is 0 Å². The Morgan fingerprint density at radius 3 is 3.24 bits per heavy atom. The van der Waals surface area contributed by atoms with E-state index in [0.717, 1.165) is 37.7 Å². The van der Waals surface area contributed by atoms with Gasteiger partial charge in [0.25, 0.3) is 0 Å². The Morgan fingerprint density at radius 2 is 2.47 bits per heavy atom. The summed E-state index contributed by atoms with van der Waals surface area (Å²) in [5.74, 6) is 2.43. The first-order chi connectivity index (χ1) is 8.33. The van der Waals surface area contributed by atoms with Crippen molar-refractivity contribution in [2.45, 2.75) is 32.1 Å². The van der Waals surface area contributed by atoms with Crippen molar-refractivity contribution in [2.24, 2.45) is 0 Å². The Hall–Kier alpha value is -0.870. The second-order valence-corrected chi connectivity index (χ2v) is 4.75. The highest BCUT2D eigenvalue weighted by Gasteiger charge is 2.23. The first-order valence-corrected chi connectivity index (χ1v) is 6.65. The molecule has 0 amide bonds. The molecule has 0 aromatic carbocycles. The number of oxazole rings is 1. The van der Waals surface area contributed by atoms with Gasteiger partial charge >= 0.3 is 0 Å². The molecule has 1 fully saturated rings. The fourth-order valence-electron chi connectivity index (χ4n) is 2.42. The van der Waals surface area contributed by atoms with Gasteiger partial charge in [-0.1, -0.05) is 6.92 Å². The molecule has 1 aliphatic rings. The Labute approximate surface area is 103 Å². The minimum absolute atomic E-state index is 0.493. The normalized spacial score (nSPS) is 21.9. The lowest BCUT2D eigenvalue weighted by atomic mass is 9.98. The maximum Gasteiger partial charge on any atom is 0.198 e. The van der Waals surface area contributed by atoms with E-state index in [4.69, 9.17) is 4.42 Å². The zero-order valence-electron chi connectivity index (χ0n) is 10.9. The summed E-state index contributed by atoms with van der Waals surface area (Å²) in [7, 11) is 1.96. The minimum Gasteiger partial charge on any atom is -0.445 e.